The summed E-state index contributed by atoms with van der Waals surface area (Å²) in [4.78, 5) is 26.0. The van der Waals surface area contributed by atoms with Gasteiger partial charge in [0.1, 0.15) is 0 Å². The van der Waals surface area contributed by atoms with E-state index in [2.05, 4.69) is 20.3 Å². The molecule has 1 aromatic carbocycles. The molecule has 0 fully saturated rings. The van der Waals surface area contributed by atoms with E-state index in [0.717, 1.165) is 16.8 Å². The van der Waals surface area contributed by atoms with E-state index in [1.165, 1.54) is 0 Å². The van der Waals surface area contributed by atoms with Crippen LogP contribution in [0.3, 0.4) is 0 Å². The van der Waals surface area contributed by atoms with Gasteiger partial charge < -0.3 is 15.8 Å². The number of aromatic nitrogens is 3. The van der Waals surface area contributed by atoms with Crippen molar-refractivity contribution >= 4 is 11.9 Å². The fourth-order valence-electron chi connectivity index (χ4n) is 3.62. The zero-order valence-corrected chi connectivity index (χ0v) is 15.8. The number of carbonyl (C=O) groups is 1. The summed E-state index contributed by atoms with van der Waals surface area (Å²) in [7, 11) is 1.59. The molecule has 1 aliphatic heterocycles. The zero-order chi connectivity index (χ0) is 19.7. The van der Waals surface area contributed by atoms with Crippen LogP contribution in [0, 0.1) is 0 Å². The molecular formula is C21H21N5O2. The number of amides is 1. The molecule has 2 aromatic heterocycles. The Morgan fingerprint density at radius 1 is 1.14 bits per heavy atom. The minimum atomic E-state index is -0.233. The van der Waals surface area contributed by atoms with Gasteiger partial charge >= 0.3 is 0 Å². The molecular weight excluding hydrogens is 354 g/mol. The molecule has 0 radical (unpaired) electrons. The van der Waals surface area contributed by atoms with Crippen molar-refractivity contribution in [1.82, 2.24) is 20.3 Å². The van der Waals surface area contributed by atoms with Crippen molar-refractivity contribution in [3.8, 4) is 17.1 Å². The molecule has 142 valence electrons. The third kappa shape index (κ3) is 3.15. The molecule has 3 heterocycles. The van der Waals surface area contributed by atoms with Crippen molar-refractivity contribution in [2.45, 2.75) is 25.8 Å². The number of methoxy groups -OCH3 is 1. The number of nitrogens with one attached hydrogen (secondary N) is 1. The molecule has 0 saturated carbocycles. The first-order valence-corrected chi connectivity index (χ1v) is 9.17. The Labute approximate surface area is 163 Å². The number of anilines is 1. The van der Waals surface area contributed by atoms with Crippen molar-refractivity contribution in [2.75, 3.05) is 12.8 Å². The number of rotatable bonds is 4. The Kier molecular flexibility index (Phi) is 4.65. The number of aryl methyl sites for hydroxylation is 1. The Hall–Kier alpha value is -3.48. The summed E-state index contributed by atoms with van der Waals surface area (Å²) in [5, 5.41) is 3.10. The van der Waals surface area contributed by atoms with E-state index < -0.39 is 0 Å². The normalized spacial score (nSPS) is 15.6. The summed E-state index contributed by atoms with van der Waals surface area (Å²) >= 11 is 0. The van der Waals surface area contributed by atoms with Gasteiger partial charge in [0.2, 0.25) is 11.8 Å². The van der Waals surface area contributed by atoms with Crippen LogP contribution < -0.4 is 15.8 Å². The average Bonchev–Trinajstić information content (AvgIpc) is 2.72. The Bertz CT molecular complexity index is 1050. The van der Waals surface area contributed by atoms with E-state index in [9.17, 15) is 4.79 Å². The highest BCUT2D eigenvalue weighted by molar-refractivity contribution is 5.98. The van der Waals surface area contributed by atoms with E-state index in [1.807, 2.05) is 43.3 Å². The monoisotopic (exact) mass is 375 g/mol. The van der Waals surface area contributed by atoms with Crippen LogP contribution in [0.4, 0.5) is 5.95 Å². The molecule has 0 bridgehead atoms. The average molecular weight is 375 g/mol. The smallest absolute Gasteiger partial charge is 0.255 e. The quantitative estimate of drug-likeness (QED) is 0.727. The maximum Gasteiger partial charge on any atom is 0.255 e. The number of nitrogens with zero attached hydrogens (tertiary/aromatic N) is 3. The summed E-state index contributed by atoms with van der Waals surface area (Å²) in [6, 6.07) is 13.3. The second kappa shape index (κ2) is 7.26. The van der Waals surface area contributed by atoms with E-state index in [0.29, 0.717) is 35.7 Å². The Balaban J connectivity index is 1.77. The molecule has 1 atom stereocenters. The van der Waals surface area contributed by atoms with Gasteiger partial charge in [-0.3, -0.25) is 4.79 Å². The van der Waals surface area contributed by atoms with Crippen LogP contribution >= 0.6 is 0 Å². The number of pyridine rings is 1. The topological polar surface area (TPSA) is 103 Å². The number of hydrogen-bond donors (Lipinski definition) is 2. The third-order valence-electron chi connectivity index (χ3n) is 4.89. The molecule has 0 spiro atoms. The number of fused-ring (bicyclic) bond motifs is 1. The van der Waals surface area contributed by atoms with E-state index in [1.54, 1.807) is 13.2 Å². The second-order valence-electron chi connectivity index (χ2n) is 6.59. The van der Waals surface area contributed by atoms with Crippen LogP contribution in [0.15, 0.2) is 42.5 Å². The molecule has 3 N–H and O–H groups in total. The maximum absolute atomic E-state index is 12.8. The maximum atomic E-state index is 12.8. The predicted molar refractivity (Wildman–Crippen MR) is 106 cm³/mol. The van der Waals surface area contributed by atoms with Crippen molar-refractivity contribution in [1.29, 1.82) is 0 Å². The molecule has 0 unspecified atom stereocenters. The number of benzene rings is 1. The van der Waals surface area contributed by atoms with E-state index in [-0.39, 0.29) is 17.9 Å². The molecule has 7 nitrogen and oxygen atoms in total. The zero-order valence-electron chi connectivity index (χ0n) is 15.8. The highest BCUT2D eigenvalue weighted by Crippen LogP contribution is 2.33. The van der Waals surface area contributed by atoms with Crippen molar-refractivity contribution < 1.29 is 9.53 Å². The van der Waals surface area contributed by atoms with Crippen LogP contribution in [0.25, 0.3) is 11.3 Å². The van der Waals surface area contributed by atoms with Crippen LogP contribution in [-0.2, 0) is 12.8 Å². The number of carbonyl (C=O) groups excluding carboxylic acids is 1. The first-order chi connectivity index (χ1) is 13.6. The summed E-state index contributed by atoms with van der Waals surface area (Å²) in [5.74, 6) is 0.571. The van der Waals surface area contributed by atoms with Crippen LogP contribution in [-0.4, -0.2) is 28.0 Å². The minimum Gasteiger partial charge on any atom is -0.481 e. The lowest BCUT2D eigenvalue weighted by atomic mass is 9.90. The first-order valence-electron chi connectivity index (χ1n) is 9.17. The van der Waals surface area contributed by atoms with Gasteiger partial charge in [-0.2, -0.15) is 0 Å². The minimum absolute atomic E-state index is 0.170. The van der Waals surface area contributed by atoms with Gasteiger partial charge in [-0.15, -0.1) is 0 Å². The van der Waals surface area contributed by atoms with Crippen LogP contribution in [0.5, 0.6) is 5.88 Å². The van der Waals surface area contributed by atoms with Crippen molar-refractivity contribution in [2.24, 2.45) is 0 Å². The highest BCUT2D eigenvalue weighted by atomic mass is 16.5. The summed E-state index contributed by atoms with van der Waals surface area (Å²) in [6.07, 6.45) is 1.17. The second-order valence-corrected chi connectivity index (χ2v) is 6.59. The molecule has 3 aromatic rings. The Morgan fingerprint density at radius 2 is 1.96 bits per heavy atom. The van der Waals surface area contributed by atoms with Crippen LogP contribution in [0.2, 0.25) is 0 Å². The molecule has 4 rings (SSSR count). The lowest BCUT2D eigenvalue weighted by molar-refractivity contribution is 0.0922. The number of hydrogen-bond acceptors (Lipinski definition) is 6. The number of ether oxygens (including phenoxy) is 1. The summed E-state index contributed by atoms with van der Waals surface area (Å²) in [5.41, 5.74) is 10.5. The molecule has 1 aliphatic rings. The molecule has 0 saturated heterocycles. The predicted octanol–water partition coefficient (Wildman–Crippen LogP) is 2.72. The van der Waals surface area contributed by atoms with Gasteiger partial charge in [0.15, 0.2) is 0 Å². The molecule has 28 heavy (non-hydrogen) atoms. The fraction of sp³-hybridized carbons (Fsp3) is 0.238. The van der Waals surface area contributed by atoms with Crippen molar-refractivity contribution in [3.63, 3.8) is 0 Å². The highest BCUT2D eigenvalue weighted by Gasteiger charge is 2.31. The standard InChI is InChI=1S/C21H21N5O2/c1-3-14-19-17(26-21(22)25-14)11-16(24-20(19)27)13-8-5-4-7-12(13)15-9-6-10-18(23-15)28-2/h4-10,16H,3,11H2,1-2H3,(H,24,27)(H2,22,25,26)/t16-/m1/s1. The molecule has 1 amide bonds. The fourth-order valence-corrected chi connectivity index (χ4v) is 3.62. The van der Waals surface area contributed by atoms with Gasteiger partial charge in [0, 0.05) is 18.1 Å². The van der Waals surface area contributed by atoms with Gasteiger partial charge in [-0.25, -0.2) is 15.0 Å². The largest absolute Gasteiger partial charge is 0.481 e. The number of nitrogens with two attached hydrogens (primary N) is 1. The first kappa shape index (κ1) is 17.9. The lowest BCUT2D eigenvalue weighted by Gasteiger charge is -2.28. The number of nitrogen functional groups attached to an aromatic ring is 1. The van der Waals surface area contributed by atoms with Crippen molar-refractivity contribution in [3.05, 3.63) is 65.0 Å². The summed E-state index contributed by atoms with van der Waals surface area (Å²) < 4.78 is 5.25. The van der Waals surface area contributed by atoms with Gasteiger partial charge in [-0.1, -0.05) is 37.3 Å². The molecule has 0 aliphatic carbocycles. The Morgan fingerprint density at radius 3 is 2.75 bits per heavy atom. The summed E-state index contributed by atoms with van der Waals surface area (Å²) in [6.45, 7) is 1.95. The van der Waals surface area contributed by atoms with Gasteiger partial charge in [-0.05, 0) is 18.1 Å². The van der Waals surface area contributed by atoms with Gasteiger partial charge in [0.25, 0.3) is 5.91 Å². The van der Waals surface area contributed by atoms with E-state index >= 15 is 0 Å². The van der Waals surface area contributed by atoms with Crippen LogP contribution in [0.1, 0.15) is 40.3 Å². The van der Waals surface area contributed by atoms with Gasteiger partial charge in [0.05, 0.1) is 35.8 Å². The third-order valence-corrected chi connectivity index (χ3v) is 4.89. The lowest BCUT2D eigenvalue weighted by Crippen LogP contribution is -2.37. The van der Waals surface area contributed by atoms with E-state index in [4.69, 9.17) is 10.5 Å². The molecule has 7 heteroatoms. The SMILES string of the molecule is CCc1nc(N)nc2c1C(=O)N[C@@H](c1ccccc1-c1cccc(OC)n1)C2.